The van der Waals surface area contributed by atoms with E-state index in [0.29, 0.717) is 31.5 Å². The summed E-state index contributed by atoms with van der Waals surface area (Å²) in [6, 6.07) is 4.14. The Kier molecular flexibility index (Phi) is 3.72. The largest absolute Gasteiger partial charge is 0.390 e. The molecule has 6 heteroatoms. The molecule has 4 heterocycles. The molecule has 0 unspecified atom stereocenters. The summed E-state index contributed by atoms with van der Waals surface area (Å²) in [6.45, 7) is 5.18. The highest BCUT2D eigenvalue weighted by Gasteiger charge is 2.31. The van der Waals surface area contributed by atoms with Crippen LogP contribution in [0.25, 0.3) is 5.52 Å². The average molecular weight is 328 g/mol. The number of aliphatic hydroxyl groups is 1. The van der Waals surface area contributed by atoms with Gasteiger partial charge >= 0.3 is 0 Å². The third-order valence-corrected chi connectivity index (χ3v) is 5.33. The molecule has 0 radical (unpaired) electrons. The molecular weight excluding hydrogens is 304 g/mol. The summed E-state index contributed by atoms with van der Waals surface area (Å²) in [5.41, 5.74) is 2.02. The minimum absolute atomic E-state index is 0.0130. The van der Waals surface area contributed by atoms with Crippen LogP contribution in [0.1, 0.15) is 43.0 Å². The molecule has 0 spiro atoms. The van der Waals surface area contributed by atoms with E-state index in [9.17, 15) is 9.90 Å². The first-order chi connectivity index (χ1) is 11.5. The number of hydrogen-bond acceptors (Lipinski definition) is 4. The van der Waals surface area contributed by atoms with Gasteiger partial charge in [0.05, 0.1) is 22.9 Å². The second kappa shape index (κ2) is 5.77. The molecular formula is C18H24N4O2. The number of pyridine rings is 1. The topological polar surface area (TPSA) is 61.1 Å². The van der Waals surface area contributed by atoms with E-state index in [2.05, 4.69) is 22.1 Å². The first kappa shape index (κ1) is 15.4. The van der Waals surface area contributed by atoms with Crippen molar-refractivity contribution in [3.05, 3.63) is 30.1 Å². The van der Waals surface area contributed by atoms with Crippen LogP contribution in [0.15, 0.2) is 24.5 Å². The highest BCUT2D eigenvalue weighted by Crippen LogP contribution is 2.26. The standard InChI is InChI=1S/C18H24N4O2/c1-18(24)5-10-21(11-6-18)17(23)15-13-19-22-9-4-14(12-16(15)22)20-7-2-3-8-20/h4,9,12-13,24H,2-3,5-8,10-11H2,1H3. The predicted octanol–water partition coefficient (Wildman–Crippen LogP) is 1.92. The van der Waals surface area contributed by atoms with Crippen LogP contribution >= 0.6 is 0 Å². The van der Waals surface area contributed by atoms with Crippen LogP contribution in [0.4, 0.5) is 5.69 Å². The van der Waals surface area contributed by atoms with Crippen LogP contribution in [0.5, 0.6) is 0 Å². The third-order valence-electron chi connectivity index (χ3n) is 5.33. The zero-order valence-corrected chi connectivity index (χ0v) is 14.1. The fourth-order valence-electron chi connectivity index (χ4n) is 3.67. The lowest BCUT2D eigenvalue weighted by Gasteiger charge is -2.35. The summed E-state index contributed by atoms with van der Waals surface area (Å²) in [5.74, 6) is 0.0130. The molecule has 2 fully saturated rings. The molecule has 2 saturated heterocycles. The third kappa shape index (κ3) is 2.75. The number of hydrogen-bond donors (Lipinski definition) is 1. The summed E-state index contributed by atoms with van der Waals surface area (Å²) in [4.78, 5) is 17.1. The van der Waals surface area contributed by atoms with E-state index in [1.165, 1.54) is 12.8 Å². The first-order valence-corrected chi connectivity index (χ1v) is 8.78. The summed E-state index contributed by atoms with van der Waals surface area (Å²) < 4.78 is 1.77. The molecule has 0 saturated carbocycles. The molecule has 2 aliphatic rings. The van der Waals surface area contributed by atoms with Gasteiger partial charge in [0, 0.05) is 38.1 Å². The molecule has 0 bridgehead atoms. The number of carbonyl (C=O) groups is 1. The van der Waals surface area contributed by atoms with Crippen molar-refractivity contribution in [3.8, 4) is 0 Å². The van der Waals surface area contributed by atoms with Crippen LogP contribution in [0, 0.1) is 0 Å². The van der Waals surface area contributed by atoms with E-state index in [-0.39, 0.29) is 5.91 Å². The lowest BCUT2D eigenvalue weighted by Crippen LogP contribution is -2.45. The Balaban J connectivity index is 1.61. The maximum Gasteiger partial charge on any atom is 0.257 e. The first-order valence-electron chi connectivity index (χ1n) is 8.78. The van der Waals surface area contributed by atoms with Gasteiger partial charge in [-0.15, -0.1) is 0 Å². The number of aromatic nitrogens is 2. The summed E-state index contributed by atoms with van der Waals surface area (Å²) in [7, 11) is 0. The Morgan fingerprint density at radius 3 is 2.62 bits per heavy atom. The fourth-order valence-corrected chi connectivity index (χ4v) is 3.67. The number of amides is 1. The second-order valence-corrected chi connectivity index (χ2v) is 7.26. The van der Waals surface area contributed by atoms with Gasteiger partial charge in [-0.05, 0) is 44.7 Å². The summed E-state index contributed by atoms with van der Waals surface area (Å²) >= 11 is 0. The number of piperidine rings is 1. The van der Waals surface area contributed by atoms with Crippen molar-refractivity contribution in [2.75, 3.05) is 31.1 Å². The molecule has 4 rings (SSSR count). The number of rotatable bonds is 2. The molecule has 0 aromatic carbocycles. The maximum atomic E-state index is 12.9. The van der Waals surface area contributed by atoms with Gasteiger partial charge in [-0.3, -0.25) is 4.79 Å². The molecule has 24 heavy (non-hydrogen) atoms. The van der Waals surface area contributed by atoms with Crippen LogP contribution in [-0.4, -0.2) is 57.3 Å². The highest BCUT2D eigenvalue weighted by atomic mass is 16.3. The van der Waals surface area contributed by atoms with Crippen LogP contribution in [0.2, 0.25) is 0 Å². The van der Waals surface area contributed by atoms with Gasteiger partial charge in [-0.25, -0.2) is 4.52 Å². The summed E-state index contributed by atoms with van der Waals surface area (Å²) in [5, 5.41) is 14.4. The van der Waals surface area contributed by atoms with Gasteiger partial charge in [-0.2, -0.15) is 5.10 Å². The second-order valence-electron chi connectivity index (χ2n) is 7.26. The van der Waals surface area contributed by atoms with Crippen molar-refractivity contribution in [1.29, 1.82) is 0 Å². The van der Waals surface area contributed by atoms with Crippen LogP contribution < -0.4 is 4.90 Å². The highest BCUT2D eigenvalue weighted by molar-refractivity contribution is 6.01. The van der Waals surface area contributed by atoms with Crippen LogP contribution in [0.3, 0.4) is 0 Å². The predicted molar refractivity (Wildman–Crippen MR) is 92.4 cm³/mol. The van der Waals surface area contributed by atoms with E-state index in [4.69, 9.17) is 0 Å². The zero-order chi connectivity index (χ0) is 16.7. The maximum absolute atomic E-state index is 12.9. The Morgan fingerprint density at radius 2 is 1.92 bits per heavy atom. The normalized spacial score (nSPS) is 20.8. The molecule has 2 aromatic rings. The molecule has 2 aromatic heterocycles. The average Bonchev–Trinajstić information content (AvgIpc) is 3.23. The van der Waals surface area contributed by atoms with Crippen LogP contribution in [-0.2, 0) is 0 Å². The minimum atomic E-state index is -0.652. The van der Waals surface area contributed by atoms with E-state index in [0.717, 1.165) is 24.3 Å². The van der Waals surface area contributed by atoms with Crippen molar-refractivity contribution >= 4 is 17.1 Å². The number of carbonyl (C=O) groups excluding carboxylic acids is 1. The Morgan fingerprint density at radius 1 is 1.21 bits per heavy atom. The van der Waals surface area contributed by atoms with E-state index in [1.54, 1.807) is 10.7 Å². The Labute approximate surface area is 141 Å². The molecule has 1 amide bonds. The number of nitrogens with zero attached hydrogens (tertiary/aromatic N) is 4. The van der Waals surface area contributed by atoms with Crippen molar-refractivity contribution in [2.24, 2.45) is 0 Å². The molecule has 6 nitrogen and oxygen atoms in total. The lowest BCUT2D eigenvalue weighted by molar-refractivity contribution is -0.00196. The SMILES string of the molecule is CC1(O)CCN(C(=O)c2cnn3ccc(N4CCCC4)cc23)CC1. The number of anilines is 1. The molecule has 0 aliphatic carbocycles. The van der Waals surface area contributed by atoms with Gasteiger partial charge in [-0.1, -0.05) is 0 Å². The number of fused-ring (bicyclic) bond motifs is 1. The monoisotopic (exact) mass is 328 g/mol. The minimum Gasteiger partial charge on any atom is -0.390 e. The lowest BCUT2D eigenvalue weighted by atomic mass is 9.93. The zero-order valence-electron chi connectivity index (χ0n) is 14.1. The van der Waals surface area contributed by atoms with E-state index >= 15 is 0 Å². The van der Waals surface area contributed by atoms with Gasteiger partial charge in [0.25, 0.3) is 5.91 Å². The number of likely N-dealkylation sites (tertiary alicyclic amines) is 1. The molecule has 128 valence electrons. The molecule has 0 atom stereocenters. The quantitative estimate of drug-likeness (QED) is 0.915. The molecule has 1 N–H and O–H groups in total. The van der Waals surface area contributed by atoms with E-state index < -0.39 is 5.60 Å². The summed E-state index contributed by atoms with van der Waals surface area (Å²) in [6.07, 6.45) is 7.29. The van der Waals surface area contributed by atoms with E-state index in [1.807, 2.05) is 18.0 Å². The fraction of sp³-hybridized carbons (Fsp3) is 0.556. The van der Waals surface area contributed by atoms with Gasteiger partial charge < -0.3 is 14.9 Å². The van der Waals surface area contributed by atoms with Crippen molar-refractivity contribution in [3.63, 3.8) is 0 Å². The van der Waals surface area contributed by atoms with Crippen molar-refractivity contribution in [2.45, 2.75) is 38.2 Å². The molecule has 2 aliphatic heterocycles. The Bertz CT molecular complexity index is 751. The van der Waals surface area contributed by atoms with Gasteiger partial charge in [0.15, 0.2) is 0 Å². The van der Waals surface area contributed by atoms with Crippen molar-refractivity contribution in [1.82, 2.24) is 14.5 Å². The Hall–Kier alpha value is -2.08. The van der Waals surface area contributed by atoms with Gasteiger partial charge in [0.1, 0.15) is 0 Å². The van der Waals surface area contributed by atoms with Gasteiger partial charge in [0.2, 0.25) is 0 Å². The van der Waals surface area contributed by atoms with Crippen molar-refractivity contribution < 1.29 is 9.90 Å². The smallest absolute Gasteiger partial charge is 0.257 e.